The largest absolute Gasteiger partial charge is 0.393 e. The molecule has 2 bridgehead atoms. The molecule has 2 aromatic carbocycles. The zero-order valence-electron chi connectivity index (χ0n) is 17.8. The summed E-state index contributed by atoms with van der Waals surface area (Å²) >= 11 is 0. The van der Waals surface area contributed by atoms with Crippen LogP contribution >= 0.6 is 0 Å². The van der Waals surface area contributed by atoms with Crippen LogP contribution in [0.1, 0.15) is 47.2 Å². The average molecular weight is 466 g/mol. The second-order valence-electron chi connectivity index (χ2n) is 8.68. The summed E-state index contributed by atoms with van der Waals surface area (Å²) in [5.74, 6) is -9.03. The number of carbonyl (C=O) groups is 1. The smallest absolute Gasteiger partial charge is 0.312 e. The van der Waals surface area contributed by atoms with E-state index in [-0.39, 0.29) is 34.6 Å². The van der Waals surface area contributed by atoms with Crippen LogP contribution in [0.15, 0.2) is 42.6 Å². The molecule has 176 valence electrons. The number of aliphatic hydroxyl groups is 1. The number of amides is 1. The van der Waals surface area contributed by atoms with E-state index in [2.05, 4.69) is 11.9 Å². The van der Waals surface area contributed by atoms with Crippen LogP contribution in [-0.2, 0) is 5.92 Å². The third kappa shape index (κ3) is 4.21. The minimum absolute atomic E-state index is 0.162. The molecular weight excluding hydrogens is 443 g/mol. The van der Waals surface area contributed by atoms with Crippen LogP contribution in [0.3, 0.4) is 0 Å². The fourth-order valence-electron chi connectivity index (χ4n) is 4.84. The molecule has 2 saturated heterocycles. The zero-order valence-corrected chi connectivity index (χ0v) is 17.8. The maximum atomic E-state index is 15.6. The summed E-state index contributed by atoms with van der Waals surface area (Å²) in [7, 11) is 0. The summed E-state index contributed by atoms with van der Waals surface area (Å²) in [6.45, 7) is 5.16. The molecule has 4 rings (SSSR count). The SMILES string of the molecule is C=C(N1[C@@H]2CC[C@H]1CC(O)C2)C(F)(F)c1cc(C(=O)Nc2cc(F)c(F)c(F)c2)ccc1C. The fourth-order valence-corrected chi connectivity index (χ4v) is 4.84. The molecule has 0 saturated carbocycles. The van der Waals surface area contributed by atoms with Crippen LogP contribution in [-0.4, -0.2) is 34.1 Å². The number of aryl methyl sites for hydroxylation is 1. The van der Waals surface area contributed by atoms with Crippen molar-refractivity contribution in [2.45, 2.75) is 56.7 Å². The number of piperidine rings is 1. The third-order valence-corrected chi connectivity index (χ3v) is 6.46. The highest BCUT2D eigenvalue weighted by Gasteiger charge is 2.48. The molecule has 2 fully saturated rings. The van der Waals surface area contributed by atoms with Gasteiger partial charge in [-0.15, -0.1) is 0 Å². The van der Waals surface area contributed by atoms with Crippen LogP contribution in [0.5, 0.6) is 0 Å². The summed E-state index contributed by atoms with van der Waals surface area (Å²) in [5, 5.41) is 12.2. The number of nitrogens with zero attached hydrogens (tertiary/aromatic N) is 1. The van der Waals surface area contributed by atoms with Crippen molar-refractivity contribution in [2.75, 3.05) is 5.32 Å². The van der Waals surface area contributed by atoms with Gasteiger partial charge in [0, 0.05) is 41.0 Å². The van der Waals surface area contributed by atoms with Gasteiger partial charge in [-0.1, -0.05) is 12.6 Å². The number of benzene rings is 2. The number of hydrogen-bond acceptors (Lipinski definition) is 3. The molecule has 2 aliphatic heterocycles. The Morgan fingerprint density at radius 1 is 1.09 bits per heavy atom. The topological polar surface area (TPSA) is 52.6 Å². The van der Waals surface area contributed by atoms with Gasteiger partial charge in [0.05, 0.1) is 11.8 Å². The van der Waals surface area contributed by atoms with Gasteiger partial charge in [0.15, 0.2) is 17.5 Å². The minimum atomic E-state index is -3.49. The number of allylic oxidation sites excluding steroid dienone is 1. The molecule has 2 heterocycles. The van der Waals surface area contributed by atoms with Crippen molar-refractivity contribution in [3.63, 3.8) is 0 Å². The van der Waals surface area contributed by atoms with Gasteiger partial charge < -0.3 is 15.3 Å². The van der Waals surface area contributed by atoms with E-state index in [4.69, 9.17) is 0 Å². The molecule has 2 N–H and O–H groups in total. The lowest BCUT2D eigenvalue weighted by molar-refractivity contribution is -0.0262. The van der Waals surface area contributed by atoms with Gasteiger partial charge in [-0.3, -0.25) is 4.79 Å². The van der Waals surface area contributed by atoms with Crippen LogP contribution < -0.4 is 5.32 Å². The van der Waals surface area contributed by atoms with Crippen molar-refractivity contribution in [1.29, 1.82) is 0 Å². The molecular formula is C24H23F5N2O2. The van der Waals surface area contributed by atoms with Gasteiger partial charge in [-0.2, -0.15) is 8.78 Å². The molecule has 4 nitrogen and oxygen atoms in total. The predicted octanol–water partition coefficient (Wildman–Crippen LogP) is 5.26. The molecule has 2 aliphatic rings. The van der Waals surface area contributed by atoms with Crippen molar-refractivity contribution in [2.24, 2.45) is 0 Å². The molecule has 0 aromatic heterocycles. The number of fused-ring (bicyclic) bond motifs is 2. The molecule has 2 aromatic rings. The Hall–Kier alpha value is -2.94. The molecule has 3 atom stereocenters. The Labute approximate surface area is 187 Å². The monoisotopic (exact) mass is 466 g/mol. The first-order valence-corrected chi connectivity index (χ1v) is 10.6. The second kappa shape index (κ2) is 8.44. The van der Waals surface area contributed by atoms with Crippen molar-refractivity contribution in [3.05, 3.63) is 76.7 Å². The van der Waals surface area contributed by atoms with E-state index in [0.29, 0.717) is 37.8 Å². The van der Waals surface area contributed by atoms with Crippen LogP contribution in [0.25, 0.3) is 0 Å². The van der Waals surface area contributed by atoms with Crippen molar-refractivity contribution in [1.82, 2.24) is 4.90 Å². The Balaban J connectivity index is 1.60. The molecule has 0 radical (unpaired) electrons. The first kappa shape index (κ1) is 23.2. The normalized spacial score (nSPS) is 22.4. The lowest BCUT2D eigenvalue weighted by Crippen LogP contribution is -2.47. The van der Waals surface area contributed by atoms with Gasteiger partial charge in [0.1, 0.15) is 0 Å². The third-order valence-electron chi connectivity index (χ3n) is 6.46. The van der Waals surface area contributed by atoms with Gasteiger partial charge in [-0.25, -0.2) is 13.2 Å². The summed E-state index contributed by atoms with van der Waals surface area (Å²) < 4.78 is 71.2. The molecule has 1 unspecified atom stereocenters. The predicted molar refractivity (Wildman–Crippen MR) is 112 cm³/mol. The van der Waals surface area contributed by atoms with Crippen LogP contribution in [0, 0.1) is 24.4 Å². The second-order valence-corrected chi connectivity index (χ2v) is 8.68. The first-order chi connectivity index (χ1) is 15.5. The maximum absolute atomic E-state index is 15.6. The summed E-state index contributed by atoms with van der Waals surface area (Å²) in [4.78, 5) is 14.2. The molecule has 9 heteroatoms. The molecule has 33 heavy (non-hydrogen) atoms. The highest BCUT2D eigenvalue weighted by Crippen LogP contribution is 2.46. The number of rotatable bonds is 5. The van der Waals surface area contributed by atoms with Gasteiger partial charge in [0.25, 0.3) is 5.91 Å². The summed E-state index contributed by atoms with van der Waals surface area (Å²) in [6.07, 6.45) is 1.68. The van der Waals surface area contributed by atoms with E-state index in [1.54, 1.807) is 4.90 Å². The van der Waals surface area contributed by atoms with E-state index < -0.39 is 40.9 Å². The average Bonchev–Trinajstić information content (AvgIpc) is 3.02. The van der Waals surface area contributed by atoms with Crippen molar-refractivity contribution < 1.29 is 31.9 Å². The van der Waals surface area contributed by atoms with Crippen LogP contribution in [0.2, 0.25) is 0 Å². The number of hydrogen-bond donors (Lipinski definition) is 2. The first-order valence-electron chi connectivity index (χ1n) is 10.6. The zero-order chi connectivity index (χ0) is 24.1. The van der Waals surface area contributed by atoms with E-state index in [1.165, 1.54) is 19.1 Å². The highest BCUT2D eigenvalue weighted by atomic mass is 19.3. The summed E-state index contributed by atoms with van der Waals surface area (Å²) in [6, 6.07) is 4.45. The maximum Gasteiger partial charge on any atom is 0.312 e. The number of aliphatic hydroxyl groups excluding tert-OH is 1. The van der Waals surface area contributed by atoms with E-state index >= 15 is 8.78 Å². The number of halogens is 5. The number of carbonyl (C=O) groups excluding carboxylic acids is 1. The van der Waals surface area contributed by atoms with Gasteiger partial charge >= 0.3 is 5.92 Å². The molecule has 0 spiro atoms. The van der Waals surface area contributed by atoms with Crippen LogP contribution in [0.4, 0.5) is 27.6 Å². The Kier molecular flexibility index (Phi) is 5.94. The Morgan fingerprint density at radius 3 is 2.24 bits per heavy atom. The minimum Gasteiger partial charge on any atom is -0.393 e. The van der Waals surface area contributed by atoms with Gasteiger partial charge in [-0.05, 0) is 50.3 Å². The van der Waals surface area contributed by atoms with Crippen molar-refractivity contribution >= 4 is 11.6 Å². The molecule has 0 aliphatic carbocycles. The lowest BCUT2D eigenvalue weighted by Gasteiger charge is -2.42. The van der Waals surface area contributed by atoms with Crippen molar-refractivity contribution in [3.8, 4) is 0 Å². The quantitative estimate of drug-likeness (QED) is 0.467. The summed E-state index contributed by atoms with van der Waals surface area (Å²) in [5.41, 5.74) is -1.07. The fraction of sp³-hybridized carbons (Fsp3) is 0.375. The lowest BCUT2D eigenvalue weighted by atomic mass is 9.93. The number of anilines is 1. The molecule has 1 amide bonds. The van der Waals surface area contributed by atoms with Gasteiger partial charge in [0.2, 0.25) is 0 Å². The Morgan fingerprint density at radius 2 is 1.67 bits per heavy atom. The van der Waals surface area contributed by atoms with E-state index in [0.717, 1.165) is 6.07 Å². The highest BCUT2D eigenvalue weighted by molar-refractivity contribution is 6.04. The standard InChI is InChI=1S/C24H23F5N2O2/c1-12-3-4-14(23(33)30-15-8-20(25)22(27)21(26)9-15)7-19(12)24(28,29)13(2)31-16-5-6-17(31)11-18(32)10-16/h3-4,7-9,16-18,32H,2,5-6,10-11H2,1H3,(H,30,33)/t16-,17+,18?. The Bertz CT molecular complexity index is 1080. The number of nitrogens with one attached hydrogen (secondary N) is 1. The number of alkyl halides is 2. The van der Waals surface area contributed by atoms with E-state index in [9.17, 15) is 23.1 Å². The van der Waals surface area contributed by atoms with E-state index in [1.807, 2.05) is 0 Å².